The van der Waals surface area contributed by atoms with Crippen molar-refractivity contribution in [3.63, 3.8) is 0 Å². The predicted molar refractivity (Wildman–Crippen MR) is 116 cm³/mol. The summed E-state index contributed by atoms with van der Waals surface area (Å²) in [6.07, 6.45) is 0. The fourth-order valence-electron chi connectivity index (χ4n) is 3.35. The summed E-state index contributed by atoms with van der Waals surface area (Å²) in [6, 6.07) is 21.0. The Balaban J connectivity index is 1.60. The zero-order valence-electron chi connectivity index (χ0n) is 16.6. The zero-order chi connectivity index (χ0) is 19.3. The maximum atomic E-state index is 4.83. The molecule has 0 saturated carbocycles. The summed E-state index contributed by atoms with van der Waals surface area (Å²) in [5, 5.41) is 3.42. The predicted octanol–water partition coefficient (Wildman–Crippen LogP) is 3.82. The molecular weight excluding hydrogens is 346 g/mol. The molecule has 1 aromatic heterocycles. The fourth-order valence-corrected chi connectivity index (χ4v) is 3.35. The van der Waals surface area contributed by atoms with Crippen LogP contribution < -0.4 is 10.2 Å². The summed E-state index contributed by atoms with van der Waals surface area (Å²) in [6.45, 7) is 6.89. The molecule has 3 aromatic rings. The van der Waals surface area contributed by atoms with Gasteiger partial charge in [-0.15, -0.1) is 0 Å². The third-order valence-electron chi connectivity index (χ3n) is 5.18. The minimum Gasteiger partial charge on any atom is -0.354 e. The van der Waals surface area contributed by atoms with Crippen LogP contribution in [0.25, 0.3) is 11.3 Å². The SMILES string of the molecule is Cc1ccc(CNc2nc(-c3ccccc3)cc(N3CCN(C)CC3)n2)cc1. The van der Waals surface area contributed by atoms with Crippen LogP contribution >= 0.6 is 0 Å². The number of likely N-dealkylation sites (N-methyl/N-ethyl adjacent to an activating group) is 1. The van der Waals surface area contributed by atoms with E-state index in [1.165, 1.54) is 11.1 Å². The number of hydrogen-bond donors (Lipinski definition) is 1. The second-order valence-corrected chi connectivity index (χ2v) is 7.43. The van der Waals surface area contributed by atoms with Crippen LogP contribution in [0.4, 0.5) is 11.8 Å². The Morgan fingerprint density at radius 1 is 0.893 bits per heavy atom. The molecule has 1 N–H and O–H groups in total. The molecule has 0 amide bonds. The van der Waals surface area contributed by atoms with Crippen molar-refractivity contribution in [2.45, 2.75) is 13.5 Å². The van der Waals surface area contributed by atoms with Crippen LogP contribution in [0.2, 0.25) is 0 Å². The van der Waals surface area contributed by atoms with Gasteiger partial charge in [0.25, 0.3) is 0 Å². The van der Waals surface area contributed by atoms with Crippen LogP contribution in [0, 0.1) is 6.92 Å². The van der Waals surface area contributed by atoms with Crippen LogP contribution in [0.5, 0.6) is 0 Å². The van der Waals surface area contributed by atoms with Gasteiger partial charge in [0.05, 0.1) is 5.69 Å². The number of nitrogens with one attached hydrogen (secondary N) is 1. The molecule has 28 heavy (non-hydrogen) atoms. The van der Waals surface area contributed by atoms with Crippen molar-refractivity contribution in [2.24, 2.45) is 0 Å². The van der Waals surface area contributed by atoms with E-state index in [-0.39, 0.29) is 0 Å². The highest BCUT2D eigenvalue weighted by atomic mass is 15.3. The number of hydrogen-bond acceptors (Lipinski definition) is 5. The van der Waals surface area contributed by atoms with E-state index in [2.05, 4.69) is 71.6 Å². The molecule has 2 heterocycles. The van der Waals surface area contributed by atoms with Crippen LogP contribution in [0.3, 0.4) is 0 Å². The van der Waals surface area contributed by atoms with E-state index in [0.29, 0.717) is 12.5 Å². The first-order valence-electron chi connectivity index (χ1n) is 9.85. The number of nitrogens with zero attached hydrogens (tertiary/aromatic N) is 4. The smallest absolute Gasteiger partial charge is 0.225 e. The van der Waals surface area contributed by atoms with Gasteiger partial charge in [-0.3, -0.25) is 0 Å². The Morgan fingerprint density at radius 2 is 1.61 bits per heavy atom. The molecule has 1 aliphatic heterocycles. The number of anilines is 2. The monoisotopic (exact) mass is 373 g/mol. The van der Waals surface area contributed by atoms with Crippen LogP contribution in [0.1, 0.15) is 11.1 Å². The minimum atomic E-state index is 0.677. The molecule has 0 radical (unpaired) electrons. The van der Waals surface area contributed by atoms with Gasteiger partial charge >= 0.3 is 0 Å². The van der Waals surface area contributed by atoms with Gasteiger partial charge in [-0.2, -0.15) is 4.98 Å². The average molecular weight is 374 g/mol. The van der Waals surface area contributed by atoms with E-state index in [1.54, 1.807) is 0 Å². The molecule has 1 aliphatic rings. The summed E-state index contributed by atoms with van der Waals surface area (Å²) in [5.41, 5.74) is 4.55. The van der Waals surface area contributed by atoms with Gasteiger partial charge in [0.15, 0.2) is 0 Å². The van der Waals surface area contributed by atoms with Crippen molar-refractivity contribution in [1.82, 2.24) is 14.9 Å². The summed E-state index contributed by atoms with van der Waals surface area (Å²) < 4.78 is 0. The highest BCUT2D eigenvalue weighted by Crippen LogP contribution is 2.24. The van der Waals surface area contributed by atoms with Crippen LogP contribution in [-0.4, -0.2) is 48.1 Å². The molecule has 0 unspecified atom stereocenters. The molecule has 4 rings (SSSR count). The molecule has 1 saturated heterocycles. The van der Waals surface area contributed by atoms with Crippen molar-refractivity contribution in [3.8, 4) is 11.3 Å². The van der Waals surface area contributed by atoms with Crippen LogP contribution in [0.15, 0.2) is 60.7 Å². The maximum Gasteiger partial charge on any atom is 0.225 e. The standard InChI is InChI=1S/C23H27N5/c1-18-8-10-19(11-9-18)17-24-23-25-21(20-6-4-3-5-7-20)16-22(26-23)28-14-12-27(2)13-15-28/h3-11,16H,12-15,17H2,1-2H3,(H,24,25,26). The summed E-state index contributed by atoms with van der Waals surface area (Å²) in [7, 11) is 2.17. The maximum absolute atomic E-state index is 4.83. The Hall–Kier alpha value is -2.92. The second kappa shape index (κ2) is 8.40. The van der Waals surface area contributed by atoms with E-state index in [9.17, 15) is 0 Å². The zero-order valence-corrected chi connectivity index (χ0v) is 16.6. The van der Waals surface area contributed by atoms with Gasteiger partial charge in [0, 0.05) is 44.4 Å². The number of aromatic nitrogens is 2. The number of piperazine rings is 1. The van der Waals surface area contributed by atoms with E-state index in [0.717, 1.165) is 43.3 Å². The fraction of sp³-hybridized carbons (Fsp3) is 0.304. The molecule has 2 aromatic carbocycles. The number of aryl methyl sites for hydroxylation is 1. The molecular formula is C23H27N5. The summed E-state index contributed by atoms with van der Waals surface area (Å²) >= 11 is 0. The van der Waals surface area contributed by atoms with Gasteiger partial charge in [-0.05, 0) is 19.5 Å². The molecule has 5 nitrogen and oxygen atoms in total. The summed E-state index contributed by atoms with van der Waals surface area (Å²) in [5.74, 6) is 1.67. The van der Waals surface area contributed by atoms with Crippen molar-refractivity contribution in [2.75, 3.05) is 43.4 Å². The third-order valence-corrected chi connectivity index (χ3v) is 5.18. The minimum absolute atomic E-state index is 0.677. The first-order chi connectivity index (χ1) is 13.7. The first kappa shape index (κ1) is 18.4. The highest BCUT2D eigenvalue weighted by molar-refractivity contribution is 5.65. The van der Waals surface area contributed by atoms with Gasteiger partial charge in [-0.1, -0.05) is 60.2 Å². The highest BCUT2D eigenvalue weighted by Gasteiger charge is 2.17. The van der Waals surface area contributed by atoms with E-state index < -0.39 is 0 Å². The van der Waals surface area contributed by atoms with Crippen LogP contribution in [-0.2, 0) is 6.54 Å². The first-order valence-corrected chi connectivity index (χ1v) is 9.85. The Bertz CT molecular complexity index is 900. The molecule has 5 heteroatoms. The Kier molecular flexibility index (Phi) is 5.53. The lowest BCUT2D eigenvalue weighted by Crippen LogP contribution is -2.44. The van der Waals surface area contributed by atoms with Crippen molar-refractivity contribution >= 4 is 11.8 Å². The topological polar surface area (TPSA) is 44.3 Å². The molecule has 144 valence electrons. The van der Waals surface area contributed by atoms with E-state index in [4.69, 9.17) is 9.97 Å². The lowest BCUT2D eigenvalue weighted by Gasteiger charge is -2.33. The normalized spacial score (nSPS) is 14.9. The van der Waals surface area contributed by atoms with Gasteiger partial charge in [0.2, 0.25) is 5.95 Å². The largest absolute Gasteiger partial charge is 0.354 e. The lowest BCUT2D eigenvalue weighted by atomic mass is 10.1. The lowest BCUT2D eigenvalue weighted by molar-refractivity contribution is 0.312. The van der Waals surface area contributed by atoms with Crippen molar-refractivity contribution < 1.29 is 0 Å². The van der Waals surface area contributed by atoms with E-state index >= 15 is 0 Å². The third kappa shape index (κ3) is 4.49. The van der Waals surface area contributed by atoms with E-state index in [1.807, 2.05) is 18.2 Å². The number of rotatable bonds is 5. The second-order valence-electron chi connectivity index (χ2n) is 7.43. The Morgan fingerprint density at radius 3 is 2.32 bits per heavy atom. The van der Waals surface area contributed by atoms with Crippen molar-refractivity contribution in [3.05, 3.63) is 71.8 Å². The molecule has 0 bridgehead atoms. The quantitative estimate of drug-likeness (QED) is 0.737. The van der Waals surface area contributed by atoms with Gasteiger partial charge in [0.1, 0.15) is 5.82 Å². The Labute approximate surface area is 167 Å². The average Bonchev–Trinajstić information content (AvgIpc) is 2.74. The number of benzene rings is 2. The van der Waals surface area contributed by atoms with Gasteiger partial charge in [-0.25, -0.2) is 4.98 Å². The molecule has 0 spiro atoms. The molecule has 0 atom stereocenters. The molecule has 0 aliphatic carbocycles. The van der Waals surface area contributed by atoms with Gasteiger partial charge < -0.3 is 15.1 Å². The molecule has 1 fully saturated rings. The van der Waals surface area contributed by atoms with Crippen molar-refractivity contribution in [1.29, 1.82) is 0 Å². The summed E-state index contributed by atoms with van der Waals surface area (Å²) in [4.78, 5) is 14.3.